The molecular weight excluding hydrogens is 648 g/mol. The monoisotopic (exact) mass is 686 g/mol. The number of esters is 1. The molecule has 0 fully saturated rings. The first-order valence-electron chi connectivity index (χ1n) is 15.8. The molecule has 1 aliphatic carbocycles. The first-order valence-corrected chi connectivity index (χ1v) is 16.2. The molecular formula is C38H38O10S. The number of ketones is 1. The maximum atomic E-state index is 13.8. The van der Waals surface area contributed by atoms with Gasteiger partial charge in [-0.1, -0.05) is 68.1 Å². The van der Waals surface area contributed by atoms with Crippen LogP contribution < -0.4 is 20.8 Å². The summed E-state index contributed by atoms with van der Waals surface area (Å²) in [5.41, 5.74) is 0.467. The Bertz CT molecular complexity index is 2000. The molecule has 1 aromatic heterocycles. The molecule has 10 nitrogen and oxygen atoms in total. The summed E-state index contributed by atoms with van der Waals surface area (Å²) in [6, 6.07) is 9.29. The number of aromatic hydroxyl groups is 1. The van der Waals surface area contributed by atoms with Crippen LogP contribution in [0, 0.1) is 0 Å². The quantitative estimate of drug-likeness (QED) is 0.0641. The molecule has 4 rings (SSSR count). The molecule has 11 heteroatoms. The average molecular weight is 687 g/mol. The van der Waals surface area contributed by atoms with E-state index < -0.39 is 35.1 Å². The van der Waals surface area contributed by atoms with E-state index in [1.165, 1.54) is 38.3 Å². The van der Waals surface area contributed by atoms with Crippen LogP contribution in [0.5, 0.6) is 11.5 Å². The van der Waals surface area contributed by atoms with Gasteiger partial charge in [-0.2, -0.15) is 0 Å². The Hall–Kier alpha value is -5.13. The number of aliphatic hydroxyl groups is 1. The van der Waals surface area contributed by atoms with E-state index >= 15 is 0 Å². The smallest absolute Gasteiger partial charge is 0.372 e. The molecule has 0 unspecified atom stereocenters. The van der Waals surface area contributed by atoms with Gasteiger partial charge in [-0.05, 0) is 62.1 Å². The molecule has 0 bridgehead atoms. The first-order chi connectivity index (χ1) is 23.5. The van der Waals surface area contributed by atoms with Gasteiger partial charge in [-0.25, -0.2) is 9.59 Å². The molecule has 1 aliphatic rings. The van der Waals surface area contributed by atoms with Crippen LogP contribution in [0.1, 0.15) is 99.5 Å². The standard InChI is InChI=1S/C38H38O10S/c1-4-11-27-30(18-17-26(22(2)39)34(27)41)47-19-9-7-5-6-8-14-29(33(40)23-12-10-13-24(20-23)38(45)46-3)32-35(42)28-16-15-25(49)21-31(28)48-36(32)37(43)44/h5-6,8,10,12-14,16-18,20-21,29,33,40-41H,4,7,9,11,15,19H2,1-3H3,(H,43,44)/b6-5-,14-8+/t29-,33-/m0/s1. The van der Waals surface area contributed by atoms with Crippen molar-refractivity contribution in [3.63, 3.8) is 0 Å². The van der Waals surface area contributed by atoms with Crippen LogP contribution in [0.2, 0.25) is 0 Å². The second-order valence-corrected chi connectivity index (χ2v) is 11.9. The van der Waals surface area contributed by atoms with Gasteiger partial charge in [-0.15, -0.1) is 0 Å². The molecule has 0 amide bonds. The summed E-state index contributed by atoms with van der Waals surface area (Å²) in [6.45, 7) is 3.72. The topological polar surface area (TPSA) is 161 Å². The summed E-state index contributed by atoms with van der Waals surface area (Å²) in [6.07, 6.45) is 11.1. The highest BCUT2D eigenvalue weighted by Gasteiger charge is 2.31. The minimum Gasteiger partial charge on any atom is -0.507 e. The number of fused-ring (bicyclic) bond motifs is 1. The summed E-state index contributed by atoms with van der Waals surface area (Å²) in [4.78, 5) is 50.7. The van der Waals surface area contributed by atoms with Crippen LogP contribution in [0.4, 0.5) is 0 Å². The average Bonchev–Trinajstić information content (AvgIpc) is 3.08. The maximum absolute atomic E-state index is 13.8. The van der Waals surface area contributed by atoms with Crippen molar-refractivity contribution in [3.8, 4) is 11.5 Å². The molecule has 3 aromatic rings. The number of allylic oxidation sites excluding steroid dienone is 3. The number of hydrogen-bond acceptors (Lipinski definition) is 10. The van der Waals surface area contributed by atoms with E-state index in [2.05, 4.69) is 0 Å². The highest BCUT2D eigenvalue weighted by atomic mass is 32.1. The zero-order valence-corrected chi connectivity index (χ0v) is 28.2. The number of aromatic carboxylic acids is 1. The highest BCUT2D eigenvalue weighted by Crippen LogP contribution is 2.34. The number of Topliss-reactive ketones (excluding diaryl/α,β-unsaturated/α-hetero) is 1. The molecule has 0 aliphatic heterocycles. The second-order valence-electron chi connectivity index (χ2n) is 11.4. The van der Waals surface area contributed by atoms with Crippen LogP contribution in [0.3, 0.4) is 0 Å². The lowest BCUT2D eigenvalue weighted by Gasteiger charge is -2.22. The molecule has 49 heavy (non-hydrogen) atoms. The summed E-state index contributed by atoms with van der Waals surface area (Å²) >= 11 is 5.21. The molecule has 1 heterocycles. The Labute approximate surface area is 288 Å². The van der Waals surface area contributed by atoms with E-state index in [-0.39, 0.29) is 44.4 Å². The Kier molecular flexibility index (Phi) is 12.6. The Balaban J connectivity index is 1.59. The predicted octanol–water partition coefficient (Wildman–Crippen LogP) is 5.11. The third-order valence-electron chi connectivity index (χ3n) is 7.99. The summed E-state index contributed by atoms with van der Waals surface area (Å²) in [5.74, 6) is -3.67. The van der Waals surface area contributed by atoms with Crippen molar-refractivity contribution in [1.82, 2.24) is 0 Å². The summed E-state index contributed by atoms with van der Waals surface area (Å²) < 4.78 is 16.4. The van der Waals surface area contributed by atoms with Gasteiger partial charge >= 0.3 is 11.9 Å². The van der Waals surface area contributed by atoms with Crippen molar-refractivity contribution in [1.29, 1.82) is 0 Å². The molecule has 2 atom stereocenters. The zero-order chi connectivity index (χ0) is 35.7. The zero-order valence-electron chi connectivity index (χ0n) is 27.4. The summed E-state index contributed by atoms with van der Waals surface area (Å²) in [7, 11) is 1.23. The third-order valence-corrected chi connectivity index (χ3v) is 8.27. The van der Waals surface area contributed by atoms with Crippen LogP contribution >= 0.6 is 12.2 Å². The van der Waals surface area contributed by atoms with Crippen molar-refractivity contribution in [3.05, 3.63) is 115 Å². The molecule has 0 spiro atoms. The molecule has 0 radical (unpaired) electrons. The lowest BCUT2D eigenvalue weighted by molar-refractivity contribution is 0.0599. The second kappa shape index (κ2) is 16.8. The number of methoxy groups -OCH3 is 1. The molecule has 3 N–H and O–H groups in total. The van der Waals surface area contributed by atoms with Crippen LogP contribution in [-0.2, 0) is 11.2 Å². The van der Waals surface area contributed by atoms with Gasteiger partial charge in [-0.3, -0.25) is 9.59 Å². The number of carboxylic acid groups (broad SMARTS) is 1. The van der Waals surface area contributed by atoms with Crippen molar-refractivity contribution >= 4 is 47.0 Å². The van der Waals surface area contributed by atoms with E-state index in [1.54, 1.807) is 42.5 Å². The number of hydrogen-bond donors (Lipinski definition) is 3. The highest BCUT2D eigenvalue weighted by molar-refractivity contribution is 7.81. The number of aliphatic hydroxyl groups excluding tert-OH is 1. The fourth-order valence-corrected chi connectivity index (χ4v) is 5.75. The largest absolute Gasteiger partial charge is 0.507 e. The minimum atomic E-state index is -1.49. The van der Waals surface area contributed by atoms with Gasteiger partial charge in [0, 0.05) is 22.8 Å². The fraction of sp³-hybridized carbons (Fsp3) is 0.289. The van der Waals surface area contributed by atoms with E-state index in [4.69, 9.17) is 26.1 Å². The van der Waals surface area contributed by atoms with E-state index in [0.29, 0.717) is 48.5 Å². The third kappa shape index (κ3) is 8.67. The van der Waals surface area contributed by atoms with Gasteiger partial charge in [0.2, 0.25) is 5.76 Å². The number of thiocarbonyl (C=S) groups is 1. The van der Waals surface area contributed by atoms with Gasteiger partial charge in [0.25, 0.3) is 0 Å². The van der Waals surface area contributed by atoms with Crippen molar-refractivity contribution in [2.45, 2.75) is 58.0 Å². The van der Waals surface area contributed by atoms with Gasteiger partial charge < -0.3 is 29.2 Å². The van der Waals surface area contributed by atoms with Crippen molar-refractivity contribution < 1.29 is 43.6 Å². The Morgan fingerprint density at radius 2 is 1.92 bits per heavy atom. The number of rotatable bonds is 15. The number of phenols is 1. The fourth-order valence-electron chi connectivity index (χ4n) is 5.55. The Morgan fingerprint density at radius 3 is 2.61 bits per heavy atom. The van der Waals surface area contributed by atoms with E-state index in [0.717, 1.165) is 6.42 Å². The number of carboxylic acids is 1. The number of unbranched alkanes of at least 4 members (excludes halogenated alkanes) is 1. The van der Waals surface area contributed by atoms with Crippen molar-refractivity contribution in [2.24, 2.45) is 0 Å². The number of carbonyl (C=O) groups excluding carboxylic acids is 2. The van der Waals surface area contributed by atoms with Crippen LogP contribution in [-0.4, -0.2) is 51.6 Å². The Morgan fingerprint density at radius 1 is 1.14 bits per heavy atom. The van der Waals surface area contributed by atoms with E-state index in [1.807, 2.05) is 13.0 Å². The number of carbonyl (C=O) groups is 3. The van der Waals surface area contributed by atoms with Crippen LogP contribution in [0.25, 0.3) is 12.2 Å². The van der Waals surface area contributed by atoms with Gasteiger partial charge in [0.05, 0.1) is 41.7 Å². The number of phenolic OH excluding ortho intramolecular Hbond substituents is 1. The number of benzene rings is 2. The van der Waals surface area contributed by atoms with Crippen LogP contribution in [0.15, 0.2) is 69.9 Å². The predicted molar refractivity (Wildman–Crippen MR) is 188 cm³/mol. The molecule has 256 valence electrons. The molecule has 0 saturated heterocycles. The molecule has 0 saturated carbocycles. The van der Waals surface area contributed by atoms with E-state index in [9.17, 15) is 34.5 Å². The van der Waals surface area contributed by atoms with Gasteiger partial charge in [0.15, 0.2) is 11.2 Å². The summed E-state index contributed by atoms with van der Waals surface area (Å²) in [5, 5.41) is 32.4. The lowest BCUT2D eigenvalue weighted by Crippen LogP contribution is -2.45. The SMILES string of the molecule is CCCc1c(OCCC/C=C\C=C\[C@@H](c2c(C(=O)O)oc3c(c2=O)=CCC(=S)C=3)[C@@H](O)c2cccc(C(=O)OC)c2)ccc(C(C)=O)c1O. The van der Waals surface area contributed by atoms with Crippen molar-refractivity contribution in [2.75, 3.05) is 13.7 Å². The maximum Gasteiger partial charge on any atom is 0.372 e. The normalized spacial score (nSPS) is 13.8. The first kappa shape index (κ1) is 36.7. The van der Waals surface area contributed by atoms with Gasteiger partial charge in [0.1, 0.15) is 16.9 Å². The minimum absolute atomic E-state index is 0.0428. The lowest BCUT2D eigenvalue weighted by atomic mass is 9.86. The number of ether oxygens (including phenoxy) is 2. The molecule has 2 aromatic carbocycles.